The first kappa shape index (κ1) is 21.2. The Morgan fingerprint density at radius 1 is 1.18 bits per heavy atom. The number of nitro benzene ring substituents is 1. The van der Waals surface area contributed by atoms with Crippen LogP contribution >= 0.6 is 11.6 Å². The van der Waals surface area contributed by atoms with Crippen LogP contribution in [0, 0.1) is 24.0 Å². The number of nitrogens with one attached hydrogen (secondary N) is 1. The van der Waals surface area contributed by atoms with Gasteiger partial charge in [0.2, 0.25) is 0 Å². The molecule has 8 nitrogen and oxygen atoms in total. The maximum atomic E-state index is 11.8. The maximum absolute atomic E-state index is 11.8. The lowest BCUT2D eigenvalue weighted by molar-refractivity contribution is -0.384. The van der Waals surface area contributed by atoms with E-state index in [-0.39, 0.29) is 29.4 Å². The van der Waals surface area contributed by atoms with Gasteiger partial charge >= 0.3 is 5.97 Å². The van der Waals surface area contributed by atoms with Crippen molar-refractivity contribution in [1.29, 1.82) is 0 Å². The zero-order valence-electron chi connectivity index (χ0n) is 15.4. The summed E-state index contributed by atoms with van der Waals surface area (Å²) in [6, 6.07) is 9.59. The summed E-state index contributed by atoms with van der Waals surface area (Å²) in [6.45, 7) is 3.44. The van der Waals surface area contributed by atoms with Crippen LogP contribution in [0.1, 0.15) is 17.5 Å². The molecular weight excluding hydrogens is 388 g/mol. The zero-order chi connectivity index (χ0) is 20.7. The minimum atomic E-state index is -0.659. The predicted molar refractivity (Wildman–Crippen MR) is 104 cm³/mol. The lowest BCUT2D eigenvalue weighted by Crippen LogP contribution is -2.21. The quantitative estimate of drug-likeness (QED) is 0.405. The van der Waals surface area contributed by atoms with Crippen LogP contribution in [0.4, 0.5) is 11.4 Å². The molecule has 2 aromatic carbocycles. The van der Waals surface area contributed by atoms with Gasteiger partial charge in [0.05, 0.1) is 18.0 Å². The highest BCUT2D eigenvalue weighted by Gasteiger charge is 2.15. The largest absolute Gasteiger partial charge is 0.493 e. The van der Waals surface area contributed by atoms with Crippen LogP contribution in [-0.4, -0.2) is 30.0 Å². The molecular formula is C19H19ClN2O6. The molecule has 0 aliphatic heterocycles. The van der Waals surface area contributed by atoms with Crippen molar-refractivity contribution < 1.29 is 24.0 Å². The molecule has 0 aliphatic carbocycles. The zero-order valence-corrected chi connectivity index (χ0v) is 16.1. The number of carbonyl (C=O) groups is 2. The van der Waals surface area contributed by atoms with Crippen molar-refractivity contribution in [1.82, 2.24) is 0 Å². The molecule has 2 rings (SSSR count). The fraction of sp³-hybridized carbons (Fsp3) is 0.263. The summed E-state index contributed by atoms with van der Waals surface area (Å²) in [5.74, 6) is -0.530. The molecule has 0 spiro atoms. The maximum Gasteiger partial charge on any atom is 0.309 e. The molecule has 148 valence electrons. The second-order valence-corrected chi connectivity index (χ2v) is 6.41. The lowest BCUT2D eigenvalue weighted by atomic mass is 10.1. The van der Waals surface area contributed by atoms with Gasteiger partial charge in [-0.15, -0.1) is 0 Å². The molecule has 0 fully saturated rings. The number of nitrogens with zero attached hydrogens (tertiary/aromatic N) is 1. The van der Waals surface area contributed by atoms with Crippen molar-refractivity contribution in [3.8, 4) is 5.75 Å². The number of nitro groups is 1. The first-order chi connectivity index (χ1) is 13.3. The highest BCUT2D eigenvalue weighted by Crippen LogP contribution is 2.27. The van der Waals surface area contributed by atoms with Gasteiger partial charge in [-0.1, -0.05) is 23.7 Å². The van der Waals surface area contributed by atoms with E-state index in [1.54, 1.807) is 0 Å². The third-order valence-electron chi connectivity index (χ3n) is 3.70. The second kappa shape index (κ2) is 9.70. The third kappa shape index (κ3) is 6.24. The third-order valence-corrected chi connectivity index (χ3v) is 4.02. The molecule has 0 heterocycles. The van der Waals surface area contributed by atoms with Gasteiger partial charge in [0.15, 0.2) is 6.61 Å². The van der Waals surface area contributed by atoms with Crippen LogP contribution in [0.5, 0.6) is 5.75 Å². The minimum absolute atomic E-state index is 0.0208. The van der Waals surface area contributed by atoms with Crippen LogP contribution < -0.4 is 10.1 Å². The Hall–Kier alpha value is -3.13. The van der Waals surface area contributed by atoms with Gasteiger partial charge in [0.25, 0.3) is 11.6 Å². The molecule has 0 aliphatic rings. The van der Waals surface area contributed by atoms with Crippen LogP contribution in [0.15, 0.2) is 36.4 Å². The monoisotopic (exact) mass is 406 g/mol. The van der Waals surface area contributed by atoms with Crippen molar-refractivity contribution in [2.45, 2.75) is 20.3 Å². The SMILES string of the molecule is Cc1ccc(C)c(OCCC(=O)OCC(=O)Nc2ccc(Cl)c([N+](=O)[O-])c2)c1. The molecule has 0 unspecified atom stereocenters. The summed E-state index contributed by atoms with van der Waals surface area (Å²) in [6.07, 6.45) is -0.0208. The van der Waals surface area contributed by atoms with Crippen LogP contribution in [-0.2, 0) is 14.3 Å². The molecule has 9 heteroatoms. The van der Waals surface area contributed by atoms with E-state index in [0.717, 1.165) is 17.2 Å². The van der Waals surface area contributed by atoms with E-state index in [1.165, 1.54) is 12.1 Å². The molecule has 0 saturated carbocycles. The van der Waals surface area contributed by atoms with E-state index < -0.39 is 23.4 Å². The smallest absolute Gasteiger partial charge is 0.309 e. The summed E-state index contributed by atoms with van der Waals surface area (Å²) in [7, 11) is 0. The number of aryl methyl sites for hydroxylation is 2. The average Bonchev–Trinajstić information content (AvgIpc) is 2.64. The summed E-state index contributed by atoms with van der Waals surface area (Å²) in [5.41, 5.74) is 1.84. The normalized spacial score (nSPS) is 10.2. The molecule has 2 aromatic rings. The van der Waals surface area contributed by atoms with Gasteiger partial charge in [-0.05, 0) is 43.2 Å². The van der Waals surface area contributed by atoms with Gasteiger partial charge in [-0.25, -0.2) is 0 Å². The summed E-state index contributed by atoms with van der Waals surface area (Å²) < 4.78 is 10.4. The first-order valence-electron chi connectivity index (χ1n) is 8.35. The number of hydrogen-bond acceptors (Lipinski definition) is 6. The molecule has 1 N–H and O–H groups in total. The van der Waals surface area contributed by atoms with E-state index in [4.69, 9.17) is 21.1 Å². The van der Waals surface area contributed by atoms with E-state index in [0.29, 0.717) is 5.75 Å². The average molecular weight is 407 g/mol. The number of amides is 1. The second-order valence-electron chi connectivity index (χ2n) is 6.00. The summed E-state index contributed by atoms with van der Waals surface area (Å²) in [5, 5.41) is 13.2. The molecule has 0 radical (unpaired) electrons. The van der Waals surface area contributed by atoms with Gasteiger partial charge in [-0.2, -0.15) is 0 Å². The summed E-state index contributed by atoms with van der Waals surface area (Å²) >= 11 is 5.71. The molecule has 28 heavy (non-hydrogen) atoms. The van der Waals surface area contributed by atoms with Crippen LogP contribution in [0.3, 0.4) is 0 Å². The Morgan fingerprint density at radius 3 is 2.64 bits per heavy atom. The Bertz CT molecular complexity index is 900. The van der Waals surface area contributed by atoms with Crippen LogP contribution in [0.2, 0.25) is 5.02 Å². The fourth-order valence-electron chi connectivity index (χ4n) is 2.25. The van der Waals surface area contributed by atoms with Gasteiger partial charge < -0.3 is 14.8 Å². The van der Waals surface area contributed by atoms with Gasteiger partial charge in [0, 0.05) is 11.8 Å². The molecule has 0 saturated heterocycles. The number of benzene rings is 2. The van der Waals surface area contributed by atoms with Crippen molar-refractivity contribution >= 4 is 34.9 Å². The van der Waals surface area contributed by atoms with E-state index in [1.807, 2.05) is 32.0 Å². The molecule has 0 bridgehead atoms. The van der Waals surface area contributed by atoms with Crippen LogP contribution in [0.25, 0.3) is 0 Å². The first-order valence-corrected chi connectivity index (χ1v) is 8.73. The topological polar surface area (TPSA) is 108 Å². The molecule has 0 aromatic heterocycles. The van der Waals surface area contributed by atoms with Crippen molar-refractivity contribution in [2.24, 2.45) is 0 Å². The lowest BCUT2D eigenvalue weighted by Gasteiger charge is -2.10. The Labute approximate surface area is 166 Å². The minimum Gasteiger partial charge on any atom is -0.493 e. The number of halogens is 1. The highest BCUT2D eigenvalue weighted by atomic mass is 35.5. The number of esters is 1. The number of hydrogen-bond donors (Lipinski definition) is 1. The Balaban J connectivity index is 1.76. The standard InChI is InChI=1S/C19H19ClN2O6/c1-12-3-4-13(2)17(9-12)27-8-7-19(24)28-11-18(23)21-14-5-6-15(20)16(10-14)22(25)26/h3-6,9-10H,7-8,11H2,1-2H3,(H,21,23). The number of ether oxygens (including phenoxy) is 2. The van der Waals surface area contributed by atoms with E-state index >= 15 is 0 Å². The number of anilines is 1. The predicted octanol–water partition coefficient (Wildman–Crippen LogP) is 3.82. The number of rotatable bonds is 8. The van der Waals surface area contributed by atoms with Crippen molar-refractivity contribution in [3.05, 3.63) is 62.7 Å². The number of carbonyl (C=O) groups excluding carboxylic acids is 2. The fourth-order valence-corrected chi connectivity index (χ4v) is 2.44. The van der Waals surface area contributed by atoms with E-state index in [9.17, 15) is 19.7 Å². The van der Waals surface area contributed by atoms with E-state index in [2.05, 4.69) is 5.32 Å². The van der Waals surface area contributed by atoms with Gasteiger partial charge in [0.1, 0.15) is 10.8 Å². The molecule has 0 atom stereocenters. The van der Waals surface area contributed by atoms with Crippen molar-refractivity contribution in [2.75, 3.05) is 18.5 Å². The Morgan fingerprint density at radius 2 is 1.93 bits per heavy atom. The summed E-state index contributed by atoms with van der Waals surface area (Å²) in [4.78, 5) is 33.8. The molecule has 1 amide bonds. The highest BCUT2D eigenvalue weighted by molar-refractivity contribution is 6.32. The van der Waals surface area contributed by atoms with Gasteiger partial charge in [-0.3, -0.25) is 19.7 Å². The Kier molecular flexibility index (Phi) is 7.34. The van der Waals surface area contributed by atoms with Crippen molar-refractivity contribution in [3.63, 3.8) is 0 Å².